The maximum atomic E-state index is 12.8. The van der Waals surface area contributed by atoms with Crippen molar-refractivity contribution in [1.82, 2.24) is 9.80 Å². The number of benzene rings is 3. The number of carbonyl (C=O) groups is 2. The molecule has 37 heavy (non-hydrogen) atoms. The van der Waals surface area contributed by atoms with Crippen LogP contribution in [-0.2, 0) is 6.42 Å². The van der Waals surface area contributed by atoms with Gasteiger partial charge in [-0.05, 0) is 85.5 Å². The second kappa shape index (κ2) is 11.2. The van der Waals surface area contributed by atoms with Crippen LogP contribution in [-0.4, -0.2) is 60.8 Å². The Morgan fingerprint density at radius 1 is 0.919 bits per heavy atom. The van der Waals surface area contributed by atoms with Crippen LogP contribution in [0, 0.1) is 0 Å². The summed E-state index contributed by atoms with van der Waals surface area (Å²) in [6.45, 7) is 5.48. The van der Waals surface area contributed by atoms with Crippen molar-refractivity contribution in [3.63, 3.8) is 0 Å². The minimum atomic E-state index is -1.01. The minimum absolute atomic E-state index is 0.0457. The number of amides is 2. The summed E-state index contributed by atoms with van der Waals surface area (Å²) in [6, 6.07) is 17.6. The van der Waals surface area contributed by atoms with E-state index in [1.807, 2.05) is 38.1 Å². The second-order valence-corrected chi connectivity index (χ2v) is 8.71. The monoisotopic (exact) mass is 504 g/mol. The minimum Gasteiger partial charge on any atom is -0.497 e. The van der Waals surface area contributed by atoms with E-state index in [1.54, 1.807) is 55.5 Å². The first-order valence-electron chi connectivity index (χ1n) is 12.3. The largest absolute Gasteiger partial charge is 0.497 e. The molecule has 0 saturated heterocycles. The number of hydrogen-bond donors (Lipinski definition) is 1. The molecule has 0 bridgehead atoms. The third-order valence-corrected chi connectivity index (χ3v) is 6.71. The highest BCUT2D eigenvalue weighted by Crippen LogP contribution is 2.42. The molecule has 194 valence electrons. The summed E-state index contributed by atoms with van der Waals surface area (Å²) >= 11 is 0. The van der Waals surface area contributed by atoms with Crippen molar-refractivity contribution in [3.05, 3.63) is 82.9 Å². The zero-order valence-electron chi connectivity index (χ0n) is 21.6. The van der Waals surface area contributed by atoms with Gasteiger partial charge in [-0.3, -0.25) is 9.69 Å². The van der Waals surface area contributed by atoms with Gasteiger partial charge in [-0.2, -0.15) is 0 Å². The highest BCUT2D eigenvalue weighted by molar-refractivity contribution is 5.94. The predicted molar refractivity (Wildman–Crippen MR) is 140 cm³/mol. The first-order valence-corrected chi connectivity index (χ1v) is 12.3. The molecular weight excluding hydrogens is 472 g/mol. The van der Waals surface area contributed by atoms with Crippen molar-refractivity contribution < 1.29 is 28.9 Å². The lowest BCUT2D eigenvalue weighted by atomic mass is 9.87. The Hall–Kier alpha value is -4.20. The number of hydrogen-bond acceptors (Lipinski definition) is 5. The van der Waals surface area contributed by atoms with E-state index >= 15 is 0 Å². The van der Waals surface area contributed by atoms with E-state index in [-0.39, 0.29) is 5.91 Å². The fourth-order valence-electron chi connectivity index (χ4n) is 4.70. The van der Waals surface area contributed by atoms with Gasteiger partial charge < -0.3 is 24.2 Å². The fourth-order valence-corrected chi connectivity index (χ4v) is 4.70. The smallest absolute Gasteiger partial charge is 0.408 e. The number of fused-ring (bicyclic) bond motifs is 1. The van der Waals surface area contributed by atoms with E-state index < -0.39 is 12.1 Å². The second-order valence-electron chi connectivity index (χ2n) is 8.71. The Bertz CT molecular complexity index is 1250. The molecule has 3 aromatic carbocycles. The van der Waals surface area contributed by atoms with Crippen molar-refractivity contribution >= 4 is 12.0 Å². The van der Waals surface area contributed by atoms with Gasteiger partial charge in [-0.1, -0.05) is 12.1 Å². The Morgan fingerprint density at radius 2 is 1.57 bits per heavy atom. The van der Waals surface area contributed by atoms with Crippen LogP contribution in [0.2, 0.25) is 0 Å². The SMILES string of the molecule is CCN(CC)C(=O)c1ccc(C2c3cc(Oc4ccc(OC)cc4)c(OC)cc3CCN2C(=O)O)cc1. The van der Waals surface area contributed by atoms with Gasteiger partial charge in [-0.25, -0.2) is 4.79 Å². The molecule has 8 nitrogen and oxygen atoms in total. The third kappa shape index (κ3) is 5.33. The number of ether oxygens (including phenoxy) is 3. The Morgan fingerprint density at radius 3 is 2.14 bits per heavy atom. The quantitative estimate of drug-likeness (QED) is 0.429. The fraction of sp³-hybridized carbons (Fsp3) is 0.310. The summed E-state index contributed by atoms with van der Waals surface area (Å²) < 4.78 is 17.0. The van der Waals surface area contributed by atoms with Crippen LogP contribution >= 0.6 is 0 Å². The third-order valence-electron chi connectivity index (χ3n) is 6.71. The molecule has 0 spiro atoms. The summed E-state index contributed by atoms with van der Waals surface area (Å²) in [5, 5.41) is 10.0. The summed E-state index contributed by atoms with van der Waals surface area (Å²) in [5.41, 5.74) is 3.16. The van der Waals surface area contributed by atoms with Gasteiger partial charge in [0.05, 0.1) is 20.3 Å². The summed E-state index contributed by atoms with van der Waals surface area (Å²) in [6.07, 6.45) is -0.456. The lowest BCUT2D eigenvalue weighted by Gasteiger charge is -2.36. The van der Waals surface area contributed by atoms with Crippen molar-refractivity contribution in [1.29, 1.82) is 0 Å². The van der Waals surface area contributed by atoms with Crippen LogP contribution < -0.4 is 14.2 Å². The molecule has 1 unspecified atom stereocenters. The first-order chi connectivity index (χ1) is 17.9. The highest BCUT2D eigenvalue weighted by atomic mass is 16.5. The summed E-state index contributed by atoms with van der Waals surface area (Å²) in [4.78, 5) is 28.2. The van der Waals surface area contributed by atoms with Gasteiger partial charge >= 0.3 is 6.09 Å². The van der Waals surface area contributed by atoms with Gasteiger partial charge in [0.1, 0.15) is 11.5 Å². The van der Waals surface area contributed by atoms with Crippen LogP contribution in [0.15, 0.2) is 60.7 Å². The van der Waals surface area contributed by atoms with E-state index in [0.717, 1.165) is 16.7 Å². The maximum absolute atomic E-state index is 12.8. The van der Waals surface area contributed by atoms with Gasteiger partial charge in [0, 0.05) is 25.2 Å². The van der Waals surface area contributed by atoms with Crippen LogP contribution in [0.4, 0.5) is 4.79 Å². The number of carbonyl (C=O) groups excluding carboxylic acids is 1. The number of carboxylic acid groups (broad SMARTS) is 1. The Balaban J connectivity index is 1.74. The van der Waals surface area contributed by atoms with Crippen molar-refractivity contribution in [3.8, 4) is 23.0 Å². The summed E-state index contributed by atoms with van der Waals surface area (Å²) in [5.74, 6) is 2.32. The number of nitrogens with zero attached hydrogens (tertiary/aromatic N) is 2. The van der Waals surface area contributed by atoms with E-state index in [0.29, 0.717) is 54.6 Å². The average molecular weight is 505 g/mol. The molecule has 0 radical (unpaired) electrons. The van der Waals surface area contributed by atoms with Gasteiger partial charge in [-0.15, -0.1) is 0 Å². The molecule has 1 atom stereocenters. The van der Waals surface area contributed by atoms with E-state index in [2.05, 4.69) is 0 Å². The molecule has 1 N–H and O–H groups in total. The van der Waals surface area contributed by atoms with E-state index in [1.165, 1.54) is 4.90 Å². The normalized spacial score (nSPS) is 14.5. The lowest BCUT2D eigenvalue weighted by Crippen LogP contribution is -2.39. The predicted octanol–water partition coefficient (Wildman–Crippen LogP) is 5.60. The van der Waals surface area contributed by atoms with Crippen LogP contribution in [0.25, 0.3) is 0 Å². The van der Waals surface area contributed by atoms with Gasteiger partial charge in [0.15, 0.2) is 11.5 Å². The van der Waals surface area contributed by atoms with E-state index in [9.17, 15) is 14.7 Å². The van der Waals surface area contributed by atoms with Crippen LogP contribution in [0.3, 0.4) is 0 Å². The molecule has 4 rings (SSSR count). The average Bonchev–Trinajstić information content (AvgIpc) is 2.93. The molecule has 8 heteroatoms. The standard InChI is InChI=1S/C29H32N2O6/c1-5-30(6-2)28(32)20-9-7-19(8-10-20)27-24-18-26(37-23-13-11-22(35-3)12-14-23)25(36-4)17-21(24)15-16-31(27)29(33)34/h7-14,17-18,27H,5-6,15-16H2,1-4H3,(H,33,34). The van der Waals surface area contributed by atoms with Crippen molar-refractivity contribution in [2.24, 2.45) is 0 Å². The number of methoxy groups -OCH3 is 2. The zero-order valence-corrected chi connectivity index (χ0v) is 21.6. The molecule has 1 aliphatic rings. The highest BCUT2D eigenvalue weighted by Gasteiger charge is 2.33. The van der Waals surface area contributed by atoms with Crippen molar-refractivity contribution in [2.75, 3.05) is 33.9 Å². The molecule has 0 aromatic heterocycles. The zero-order chi connectivity index (χ0) is 26.5. The van der Waals surface area contributed by atoms with Crippen LogP contribution in [0.5, 0.6) is 23.0 Å². The topological polar surface area (TPSA) is 88.5 Å². The van der Waals surface area contributed by atoms with Gasteiger partial charge in [0.25, 0.3) is 5.91 Å². The molecule has 1 aliphatic heterocycles. The summed E-state index contributed by atoms with van der Waals surface area (Å²) in [7, 11) is 3.18. The Kier molecular flexibility index (Phi) is 7.86. The molecular formula is C29H32N2O6. The molecule has 3 aromatic rings. The maximum Gasteiger partial charge on any atom is 0.408 e. The van der Waals surface area contributed by atoms with Crippen LogP contribution in [0.1, 0.15) is 46.9 Å². The Labute approximate surface area is 217 Å². The molecule has 0 fully saturated rings. The number of rotatable bonds is 8. The van der Waals surface area contributed by atoms with E-state index in [4.69, 9.17) is 14.2 Å². The lowest BCUT2D eigenvalue weighted by molar-refractivity contribution is 0.0772. The molecule has 0 aliphatic carbocycles. The molecule has 2 amide bonds. The van der Waals surface area contributed by atoms with Gasteiger partial charge in [0.2, 0.25) is 0 Å². The van der Waals surface area contributed by atoms with Crippen molar-refractivity contribution in [2.45, 2.75) is 26.3 Å². The molecule has 0 saturated carbocycles. The first kappa shape index (κ1) is 25.9. The molecule has 1 heterocycles.